The third-order valence-electron chi connectivity index (χ3n) is 4.66. The van der Waals surface area contributed by atoms with Crippen LogP contribution in [0.15, 0.2) is 0 Å². The molecular weight excluding hydrogens is 354 g/mol. The van der Waals surface area contributed by atoms with Crippen molar-refractivity contribution in [3.63, 3.8) is 0 Å². The van der Waals surface area contributed by atoms with E-state index in [1.54, 1.807) is 4.90 Å². The Kier molecular flexibility index (Phi) is 11.8. The number of nitrogens with zero attached hydrogens (tertiary/aromatic N) is 4. The lowest BCUT2D eigenvalue weighted by Gasteiger charge is -2.33. The van der Waals surface area contributed by atoms with E-state index in [1.807, 2.05) is 16.8 Å². The topological polar surface area (TPSA) is 117 Å². The maximum atomic E-state index is 11.2. The molecule has 0 spiro atoms. The summed E-state index contributed by atoms with van der Waals surface area (Å²) in [6.45, 7) is 6.76. The number of aliphatic carboxylic acids is 2. The van der Waals surface area contributed by atoms with E-state index < -0.39 is 11.9 Å². The van der Waals surface area contributed by atoms with Crippen LogP contribution in [0.3, 0.4) is 0 Å². The van der Waals surface area contributed by atoms with Gasteiger partial charge in [-0.25, -0.2) is 0 Å². The van der Waals surface area contributed by atoms with Gasteiger partial charge in [0, 0.05) is 65.4 Å². The Bertz CT molecular complexity index is 465. The minimum absolute atomic E-state index is 0.0575. The molecule has 1 aliphatic rings. The minimum atomic E-state index is -0.910. The standard InChI is InChI=1S/C17H33N5O5/c1-18-2-3-19-4-5-20(12-13-23)7-9-22(15-17(26)27)11-10-21(8-6-19)14-16(24)25/h13,18H,2-12,14-15H2,1H3,(H,24,25)(H,26,27). The van der Waals surface area contributed by atoms with E-state index >= 15 is 0 Å². The predicted octanol–water partition coefficient (Wildman–Crippen LogP) is -2.20. The number of hydrogen-bond acceptors (Lipinski definition) is 8. The number of carboxylic acids is 2. The van der Waals surface area contributed by atoms with E-state index in [-0.39, 0.29) is 13.1 Å². The van der Waals surface area contributed by atoms with E-state index in [9.17, 15) is 14.4 Å². The van der Waals surface area contributed by atoms with Gasteiger partial charge in [0.1, 0.15) is 6.29 Å². The Morgan fingerprint density at radius 2 is 1.22 bits per heavy atom. The van der Waals surface area contributed by atoms with Crippen LogP contribution in [-0.4, -0.2) is 140 Å². The molecule has 1 fully saturated rings. The van der Waals surface area contributed by atoms with Gasteiger partial charge >= 0.3 is 11.9 Å². The number of nitrogens with one attached hydrogen (secondary N) is 1. The molecule has 1 heterocycles. The molecule has 10 heteroatoms. The molecule has 0 aliphatic carbocycles. The van der Waals surface area contributed by atoms with Crippen molar-refractivity contribution in [2.24, 2.45) is 0 Å². The molecule has 156 valence electrons. The van der Waals surface area contributed by atoms with E-state index in [0.717, 1.165) is 32.5 Å². The highest BCUT2D eigenvalue weighted by molar-refractivity contribution is 5.69. The van der Waals surface area contributed by atoms with Gasteiger partial charge in [-0.2, -0.15) is 0 Å². The predicted molar refractivity (Wildman–Crippen MR) is 101 cm³/mol. The summed E-state index contributed by atoms with van der Waals surface area (Å²) in [7, 11) is 1.89. The lowest BCUT2D eigenvalue weighted by atomic mass is 10.3. The molecule has 1 saturated heterocycles. The second-order valence-corrected chi connectivity index (χ2v) is 6.75. The summed E-state index contributed by atoms with van der Waals surface area (Å²) >= 11 is 0. The normalized spacial score (nSPS) is 19.9. The van der Waals surface area contributed by atoms with Crippen LogP contribution in [-0.2, 0) is 14.4 Å². The molecule has 0 aromatic rings. The zero-order chi connectivity index (χ0) is 20.1. The molecule has 0 radical (unpaired) electrons. The molecule has 1 aliphatic heterocycles. The zero-order valence-electron chi connectivity index (χ0n) is 16.2. The first-order valence-corrected chi connectivity index (χ1v) is 9.35. The Hall–Kier alpha value is -1.59. The van der Waals surface area contributed by atoms with Crippen molar-refractivity contribution >= 4 is 18.2 Å². The molecule has 1 rings (SSSR count). The van der Waals surface area contributed by atoms with Crippen molar-refractivity contribution < 1.29 is 24.6 Å². The zero-order valence-corrected chi connectivity index (χ0v) is 16.2. The Labute approximate surface area is 160 Å². The van der Waals surface area contributed by atoms with E-state index in [4.69, 9.17) is 10.2 Å². The highest BCUT2D eigenvalue weighted by atomic mass is 16.4. The first-order valence-electron chi connectivity index (χ1n) is 9.35. The molecule has 0 aromatic heterocycles. The lowest BCUT2D eigenvalue weighted by molar-refractivity contribution is -0.140. The first-order chi connectivity index (χ1) is 12.9. The number of aldehydes is 1. The molecule has 0 bridgehead atoms. The van der Waals surface area contributed by atoms with Crippen molar-refractivity contribution in [2.45, 2.75) is 0 Å². The lowest BCUT2D eigenvalue weighted by Crippen LogP contribution is -2.48. The van der Waals surface area contributed by atoms with Gasteiger partial charge in [0.2, 0.25) is 0 Å². The monoisotopic (exact) mass is 387 g/mol. The maximum absolute atomic E-state index is 11.2. The average Bonchev–Trinajstić information content (AvgIpc) is 2.60. The summed E-state index contributed by atoms with van der Waals surface area (Å²) < 4.78 is 0. The molecule has 27 heavy (non-hydrogen) atoms. The molecule has 0 atom stereocenters. The fraction of sp³-hybridized carbons (Fsp3) is 0.824. The maximum Gasteiger partial charge on any atom is 0.317 e. The van der Waals surface area contributed by atoms with Crippen LogP contribution >= 0.6 is 0 Å². The van der Waals surface area contributed by atoms with Gasteiger partial charge in [0.05, 0.1) is 19.6 Å². The van der Waals surface area contributed by atoms with Crippen molar-refractivity contribution in [1.82, 2.24) is 24.9 Å². The van der Waals surface area contributed by atoms with Crippen LogP contribution in [0.4, 0.5) is 0 Å². The van der Waals surface area contributed by atoms with E-state index in [0.29, 0.717) is 45.8 Å². The van der Waals surface area contributed by atoms with Gasteiger partial charge in [-0.3, -0.25) is 29.2 Å². The number of likely N-dealkylation sites (N-methyl/N-ethyl adjacent to an activating group) is 1. The van der Waals surface area contributed by atoms with Crippen LogP contribution in [0.5, 0.6) is 0 Å². The SMILES string of the molecule is CNCCN1CCN(CC=O)CCN(CC(=O)O)CCN(CC(=O)O)CC1. The summed E-state index contributed by atoms with van der Waals surface area (Å²) in [4.78, 5) is 41.2. The van der Waals surface area contributed by atoms with E-state index in [1.165, 1.54) is 0 Å². The van der Waals surface area contributed by atoms with Gasteiger partial charge in [-0.15, -0.1) is 0 Å². The van der Waals surface area contributed by atoms with Crippen LogP contribution < -0.4 is 5.32 Å². The first kappa shape index (κ1) is 23.4. The number of carbonyl (C=O) groups excluding carboxylic acids is 1. The van der Waals surface area contributed by atoms with Crippen LogP contribution in [0.1, 0.15) is 0 Å². The van der Waals surface area contributed by atoms with Crippen molar-refractivity contribution in [3.8, 4) is 0 Å². The second kappa shape index (κ2) is 13.6. The van der Waals surface area contributed by atoms with Gasteiger partial charge in [-0.05, 0) is 7.05 Å². The van der Waals surface area contributed by atoms with Gasteiger partial charge in [-0.1, -0.05) is 0 Å². The Morgan fingerprint density at radius 3 is 1.59 bits per heavy atom. The molecule has 10 nitrogen and oxygen atoms in total. The molecule has 3 N–H and O–H groups in total. The largest absolute Gasteiger partial charge is 0.480 e. The van der Waals surface area contributed by atoms with Crippen molar-refractivity contribution in [3.05, 3.63) is 0 Å². The Morgan fingerprint density at radius 1 is 0.815 bits per heavy atom. The van der Waals surface area contributed by atoms with Crippen LogP contribution in [0, 0.1) is 0 Å². The quantitative estimate of drug-likeness (QED) is 0.376. The number of carboxylic acid groups (broad SMARTS) is 2. The second-order valence-electron chi connectivity index (χ2n) is 6.75. The molecule has 0 unspecified atom stereocenters. The highest BCUT2D eigenvalue weighted by Gasteiger charge is 2.18. The van der Waals surface area contributed by atoms with Crippen LogP contribution in [0.2, 0.25) is 0 Å². The van der Waals surface area contributed by atoms with Crippen LogP contribution in [0.25, 0.3) is 0 Å². The summed E-state index contributed by atoms with van der Waals surface area (Å²) in [5.74, 6) is -1.79. The molecule has 0 saturated carbocycles. The summed E-state index contributed by atoms with van der Waals surface area (Å²) in [6.07, 6.45) is 0.875. The van der Waals surface area contributed by atoms with Gasteiger partial charge in [0.15, 0.2) is 0 Å². The third kappa shape index (κ3) is 11.0. The smallest absolute Gasteiger partial charge is 0.317 e. The summed E-state index contributed by atoms with van der Waals surface area (Å²) in [6, 6.07) is 0. The molecular formula is C17H33N5O5. The summed E-state index contributed by atoms with van der Waals surface area (Å²) in [5, 5.41) is 21.4. The van der Waals surface area contributed by atoms with Crippen molar-refractivity contribution in [1.29, 1.82) is 0 Å². The Balaban J connectivity index is 2.81. The van der Waals surface area contributed by atoms with Gasteiger partial charge in [0.25, 0.3) is 0 Å². The number of hydrogen-bond donors (Lipinski definition) is 3. The van der Waals surface area contributed by atoms with Crippen molar-refractivity contribution in [2.75, 3.05) is 92.1 Å². The number of carbonyl (C=O) groups is 3. The average molecular weight is 387 g/mol. The highest BCUT2D eigenvalue weighted by Crippen LogP contribution is 2.00. The minimum Gasteiger partial charge on any atom is -0.480 e. The van der Waals surface area contributed by atoms with Gasteiger partial charge < -0.3 is 20.3 Å². The molecule has 0 aromatic carbocycles. The molecule has 0 amide bonds. The number of rotatable bonds is 9. The fourth-order valence-electron chi connectivity index (χ4n) is 3.06. The van der Waals surface area contributed by atoms with E-state index in [2.05, 4.69) is 10.2 Å². The fourth-order valence-corrected chi connectivity index (χ4v) is 3.06. The summed E-state index contributed by atoms with van der Waals surface area (Å²) in [5.41, 5.74) is 0. The third-order valence-corrected chi connectivity index (χ3v) is 4.66.